The molecule has 1 aliphatic heterocycles. The minimum atomic E-state index is -0.292. The Morgan fingerprint density at radius 1 is 1.88 bits per heavy atom. The summed E-state index contributed by atoms with van der Waals surface area (Å²) in [5.74, 6) is 0. The van der Waals surface area contributed by atoms with E-state index in [4.69, 9.17) is 4.74 Å². The SMILES string of the molecule is O=CC1CNC=CO1. The summed E-state index contributed by atoms with van der Waals surface area (Å²) in [6.07, 6.45) is 3.62. The third-order valence-electron chi connectivity index (χ3n) is 0.910. The standard InChI is InChI=1S/C5H7NO2/c7-4-5-3-6-1-2-8-5/h1-2,4-6H,3H2. The zero-order valence-corrected chi connectivity index (χ0v) is 4.33. The third-order valence-corrected chi connectivity index (χ3v) is 0.910. The van der Waals surface area contributed by atoms with Gasteiger partial charge >= 0.3 is 0 Å². The lowest BCUT2D eigenvalue weighted by molar-refractivity contribution is -0.115. The molecule has 0 bridgehead atoms. The van der Waals surface area contributed by atoms with Gasteiger partial charge in [-0.05, 0) is 0 Å². The van der Waals surface area contributed by atoms with E-state index >= 15 is 0 Å². The fourth-order valence-electron chi connectivity index (χ4n) is 0.501. The molecule has 1 heterocycles. The number of carbonyl (C=O) groups excluding carboxylic acids is 1. The van der Waals surface area contributed by atoms with E-state index in [2.05, 4.69) is 5.32 Å². The van der Waals surface area contributed by atoms with Gasteiger partial charge in [0.05, 0.1) is 12.8 Å². The maximum absolute atomic E-state index is 9.96. The van der Waals surface area contributed by atoms with Crippen molar-refractivity contribution >= 4 is 6.29 Å². The van der Waals surface area contributed by atoms with E-state index in [1.165, 1.54) is 6.26 Å². The minimum absolute atomic E-state index is 0.292. The Morgan fingerprint density at radius 3 is 3.12 bits per heavy atom. The van der Waals surface area contributed by atoms with Crippen LogP contribution in [-0.2, 0) is 9.53 Å². The molecule has 3 heteroatoms. The molecule has 0 saturated heterocycles. The highest BCUT2D eigenvalue weighted by Crippen LogP contribution is 1.91. The van der Waals surface area contributed by atoms with Crippen molar-refractivity contribution in [3.05, 3.63) is 12.5 Å². The van der Waals surface area contributed by atoms with Crippen LogP contribution in [-0.4, -0.2) is 18.9 Å². The minimum Gasteiger partial charge on any atom is -0.487 e. The molecule has 0 radical (unpaired) electrons. The molecule has 1 N–H and O–H groups in total. The van der Waals surface area contributed by atoms with E-state index in [1.54, 1.807) is 6.20 Å². The molecule has 0 amide bonds. The number of ether oxygens (including phenoxy) is 1. The molecule has 3 nitrogen and oxygen atoms in total. The van der Waals surface area contributed by atoms with Gasteiger partial charge in [-0.15, -0.1) is 0 Å². The van der Waals surface area contributed by atoms with E-state index in [0.29, 0.717) is 6.54 Å². The summed E-state index contributed by atoms with van der Waals surface area (Å²) in [5.41, 5.74) is 0. The molecular formula is C5H7NO2. The Labute approximate surface area is 47.3 Å². The molecule has 1 atom stereocenters. The topological polar surface area (TPSA) is 38.3 Å². The fourth-order valence-corrected chi connectivity index (χ4v) is 0.501. The summed E-state index contributed by atoms with van der Waals surface area (Å²) >= 11 is 0. The number of hydrogen-bond acceptors (Lipinski definition) is 3. The lowest BCUT2D eigenvalue weighted by Gasteiger charge is -2.13. The van der Waals surface area contributed by atoms with Crippen LogP contribution in [0.3, 0.4) is 0 Å². The molecular weight excluding hydrogens is 106 g/mol. The average Bonchev–Trinajstić information content (AvgIpc) is 1.90. The first-order valence-electron chi connectivity index (χ1n) is 2.42. The third kappa shape index (κ3) is 0.992. The summed E-state index contributed by atoms with van der Waals surface area (Å²) in [5, 5.41) is 2.85. The summed E-state index contributed by atoms with van der Waals surface area (Å²) in [4.78, 5) is 9.96. The van der Waals surface area contributed by atoms with E-state index in [-0.39, 0.29) is 6.10 Å². The van der Waals surface area contributed by atoms with Crippen LogP contribution in [0.2, 0.25) is 0 Å². The predicted octanol–water partition coefficient (Wildman–Crippen LogP) is -0.355. The van der Waals surface area contributed by atoms with E-state index in [9.17, 15) is 4.79 Å². The number of hydrogen-bond donors (Lipinski definition) is 1. The van der Waals surface area contributed by atoms with Crippen molar-refractivity contribution in [2.75, 3.05) is 6.54 Å². The molecule has 0 saturated carbocycles. The molecule has 8 heavy (non-hydrogen) atoms. The van der Waals surface area contributed by atoms with E-state index in [0.717, 1.165) is 6.29 Å². The van der Waals surface area contributed by atoms with Gasteiger partial charge in [-0.2, -0.15) is 0 Å². The summed E-state index contributed by atoms with van der Waals surface area (Å²) in [7, 11) is 0. The van der Waals surface area contributed by atoms with Crippen LogP contribution in [0.15, 0.2) is 12.5 Å². The normalized spacial score (nSPS) is 25.8. The van der Waals surface area contributed by atoms with Crippen LogP contribution in [0.1, 0.15) is 0 Å². The molecule has 0 spiro atoms. The van der Waals surface area contributed by atoms with Crippen molar-refractivity contribution < 1.29 is 9.53 Å². The van der Waals surface area contributed by atoms with Crippen LogP contribution < -0.4 is 5.32 Å². The second-order valence-corrected chi connectivity index (χ2v) is 1.52. The first-order valence-corrected chi connectivity index (χ1v) is 2.42. The number of carbonyl (C=O) groups is 1. The van der Waals surface area contributed by atoms with Crippen molar-refractivity contribution in [3.63, 3.8) is 0 Å². The van der Waals surface area contributed by atoms with Crippen molar-refractivity contribution in [3.8, 4) is 0 Å². The van der Waals surface area contributed by atoms with Gasteiger partial charge in [0.2, 0.25) is 0 Å². The maximum atomic E-state index is 9.96. The van der Waals surface area contributed by atoms with Gasteiger partial charge in [0.25, 0.3) is 0 Å². The molecule has 0 aromatic heterocycles. The summed E-state index contributed by atoms with van der Waals surface area (Å²) in [6, 6.07) is 0. The van der Waals surface area contributed by atoms with Crippen LogP contribution in [0, 0.1) is 0 Å². The van der Waals surface area contributed by atoms with Gasteiger partial charge in [0, 0.05) is 6.20 Å². The number of nitrogens with one attached hydrogen (secondary N) is 1. The van der Waals surface area contributed by atoms with Gasteiger partial charge in [-0.3, -0.25) is 4.79 Å². The highest BCUT2D eigenvalue weighted by atomic mass is 16.5. The molecule has 1 aliphatic rings. The Kier molecular flexibility index (Phi) is 1.51. The average molecular weight is 113 g/mol. The Hall–Kier alpha value is -0.990. The van der Waals surface area contributed by atoms with Crippen LogP contribution in [0.5, 0.6) is 0 Å². The van der Waals surface area contributed by atoms with Gasteiger partial charge < -0.3 is 10.1 Å². The van der Waals surface area contributed by atoms with Crippen LogP contribution >= 0.6 is 0 Å². The van der Waals surface area contributed by atoms with Crippen molar-refractivity contribution in [2.45, 2.75) is 6.10 Å². The second kappa shape index (κ2) is 2.35. The molecule has 0 aliphatic carbocycles. The molecule has 0 aromatic rings. The lowest BCUT2D eigenvalue weighted by Crippen LogP contribution is -2.29. The van der Waals surface area contributed by atoms with E-state index in [1.807, 2.05) is 0 Å². The van der Waals surface area contributed by atoms with E-state index < -0.39 is 0 Å². The van der Waals surface area contributed by atoms with Crippen LogP contribution in [0.4, 0.5) is 0 Å². The number of aldehydes is 1. The quantitative estimate of drug-likeness (QED) is 0.472. The molecule has 1 unspecified atom stereocenters. The Morgan fingerprint density at radius 2 is 2.75 bits per heavy atom. The summed E-state index contributed by atoms with van der Waals surface area (Å²) < 4.78 is 4.82. The van der Waals surface area contributed by atoms with Gasteiger partial charge in [0.15, 0.2) is 12.4 Å². The second-order valence-electron chi connectivity index (χ2n) is 1.52. The van der Waals surface area contributed by atoms with Crippen molar-refractivity contribution in [1.29, 1.82) is 0 Å². The smallest absolute Gasteiger partial charge is 0.170 e. The first kappa shape index (κ1) is 5.15. The fraction of sp³-hybridized carbons (Fsp3) is 0.400. The highest BCUT2D eigenvalue weighted by Gasteiger charge is 2.06. The van der Waals surface area contributed by atoms with Gasteiger partial charge in [-0.25, -0.2) is 0 Å². The molecule has 44 valence electrons. The monoisotopic (exact) mass is 113 g/mol. The van der Waals surface area contributed by atoms with Crippen LogP contribution in [0.25, 0.3) is 0 Å². The van der Waals surface area contributed by atoms with Crippen molar-refractivity contribution in [1.82, 2.24) is 5.32 Å². The lowest BCUT2D eigenvalue weighted by atomic mass is 10.4. The largest absolute Gasteiger partial charge is 0.487 e. The molecule has 1 rings (SSSR count). The predicted molar refractivity (Wildman–Crippen MR) is 28.1 cm³/mol. The Bertz CT molecular complexity index is 111. The summed E-state index contributed by atoms with van der Waals surface area (Å²) in [6.45, 7) is 0.583. The molecule has 0 aromatic carbocycles. The first-order chi connectivity index (χ1) is 3.93. The van der Waals surface area contributed by atoms with Crippen molar-refractivity contribution in [2.24, 2.45) is 0 Å². The van der Waals surface area contributed by atoms with Gasteiger partial charge in [0.1, 0.15) is 0 Å². The number of rotatable bonds is 1. The van der Waals surface area contributed by atoms with Gasteiger partial charge in [-0.1, -0.05) is 0 Å². The molecule has 0 fully saturated rings. The Balaban J connectivity index is 2.37. The zero-order valence-electron chi connectivity index (χ0n) is 4.33. The highest BCUT2D eigenvalue weighted by molar-refractivity contribution is 5.56. The zero-order chi connectivity index (χ0) is 5.82. The maximum Gasteiger partial charge on any atom is 0.170 e.